The maximum Gasteiger partial charge on any atom is 0.203 e. The molecule has 2 nitrogen and oxygen atoms in total. The molecule has 1 unspecified atom stereocenters. The fraction of sp³-hybridized carbons (Fsp3) is 1.00. The Morgan fingerprint density at radius 1 is 1.13 bits per heavy atom. The normalized spacial score (nSPS) is 15.9. The Bertz CT molecular complexity index is 200. The SMILES string of the molecule is CCCCP(=O)(CC(C)C)OCC(C)C. The third-order valence-electron chi connectivity index (χ3n) is 2.14. The monoisotopic (exact) mass is 234 g/mol. The molecule has 15 heavy (non-hydrogen) atoms. The van der Waals surface area contributed by atoms with Gasteiger partial charge in [-0.2, -0.15) is 0 Å². The zero-order valence-electron chi connectivity index (χ0n) is 11.0. The number of unbranched alkanes of at least 4 members (excludes halogenated alkanes) is 1. The summed E-state index contributed by atoms with van der Waals surface area (Å²) in [5.74, 6) is 0.923. The number of hydrogen-bond donors (Lipinski definition) is 0. The lowest BCUT2D eigenvalue weighted by Crippen LogP contribution is -2.08. The van der Waals surface area contributed by atoms with Gasteiger partial charge in [-0.15, -0.1) is 0 Å². The Morgan fingerprint density at radius 3 is 2.13 bits per heavy atom. The standard InChI is InChI=1S/C12H27O2P/c1-6-7-8-15(13,10-12(4)5)14-9-11(2)3/h11-12H,6-10H2,1-5H3. The summed E-state index contributed by atoms with van der Waals surface area (Å²) in [4.78, 5) is 0. The first kappa shape index (κ1) is 15.2. The average molecular weight is 234 g/mol. The second kappa shape index (κ2) is 7.46. The Labute approximate surface area is 95.2 Å². The number of rotatable bonds is 8. The Balaban J connectivity index is 4.20. The van der Waals surface area contributed by atoms with Crippen LogP contribution < -0.4 is 0 Å². The summed E-state index contributed by atoms with van der Waals surface area (Å²) >= 11 is 0. The van der Waals surface area contributed by atoms with Crippen LogP contribution in [-0.4, -0.2) is 18.9 Å². The van der Waals surface area contributed by atoms with E-state index in [1.165, 1.54) is 0 Å². The highest BCUT2D eigenvalue weighted by Gasteiger charge is 2.23. The minimum atomic E-state index is -2.35. The van der Waals surface area contributed by atoms with Crippen molar-refractivity contribution in [3.05, 3.63) is 0 Å². The summed E-state index contributed by atoms with van der Waals surface area (Å²) in [6.07, 6.45) is 3.60. The molecule has 92 valence electrons. The van der Waals surface area contributed by atoms with Gasteiger partial charge >= 0.3 is 0 Å². The van der Waals surface area contributed by atoms with Crippen LogP contribution in [0.15, 0.2) is 0 Å². The van der Waals surface area contributed by atoms with E-state index in [1.54, 1.807) is 0 Å². The first-order chi connectivity index (χ1) is 6.89. The molecule has 0 N–H and O–H groups in total. The van der Waals surface area contributed by atoms with Gasteiger partial charge in [0, 0.05) is 12.3 Å². The lowest BCUT2D eigenvalue weighted by atomic mass is 10.2. The third kappa shape index (κ3) is 8.04. The van der Waals surface area contributed by atoms with Gasteiger partial charge in [0.15, 0.2) is 0 Å². The van der Waals surface area contributed by atoms with Crippen LogP contribution in [0, 0.1) is 11.8 Å². The largest absolute Gasteiger partial charge is 0.328 e. The summed E-state index contributed by atoms with van der Waals surface area (Å²) in [5.41, 5.74) is 0. The van der Waals surface area contributed by atoms with Crippen LogP contribution in [0.4, 0.5) is 0 Å². The summed E-state index contributed by atoms with van der Waals surface area (Å²) in [5, 5.41) is 0. The van der Waals surface area contributed by atoms with Gasteiger partial charge in [0.1, 0.15) is 0 Å². The Kier molecular flexibility index (Phi) is 7.56. The summed E-state index contributed by atoms with van der Waals surface area (Å²) in [7, 11) is -2.35. The van der Waals surface area contributed by atoms with Gasteiger partial charge in [-0.1, -0.05) is 41.0 Å². The maximum absolute atomic E-state index is 12.5. The topological polar surface area (TPSA) is 26.3 Å². The summed E-state index contributed by atoms with van der Waals surface area (Å²) in [6, 6.07) is 0. The van der Waals surface area contributed by atoms with Gasteiger partial charge in [0.05, 0.1) is 6.61 Å². The van der Waals surface area contributed by atoms with Crippen molar-refractivity contribution in [3.8, 4) is 0 Å². The Morgan fingerprint density at radius 2 is 1.73 bits per heavy atom. The molecule has 0 spiro atoms. The van der Waals surface area contributed by atoms with Crippen LogP contribution in [0.2, 0.25) is 0 Å². The zero-order valence-corrected chi connectivity index (χ0v) is 11.8. The van der Waals surface area contributed by atoms with Crippen molar-refractivity contribution in [1.29, 1.82) is 0 Å². The molecular formula is C12H27O2P. The van der Waals surface area contributed by atoms with E-state index in [0.29, 0.717) is 18.4 Å². The van der Waals surface area contributed by atoms with E-state index in [2.05, 4.69) is 34.6 Å². The second-order valence-electron chi connectivity index (χ2n) is 5.16. The van der Waals surface area contributed by atoms with Crippen LogP contribution in [0.5, 0.6) is 0 Å². The van der Waals surface area contributed by atoms with E-state index in [1.807, 2.05) is 0 Å². The molecule has 0 aliphatic carbocycles. The summed E-state index contributed by atoms with van der Waals surface area (Å²) < 4.78 is 18.1. The molecule has 1 atom stereocenters. The van der Waals surface area contributed by atoms with E-state index < -0.39 is 7.37 Å². The van der Waals surface area contributed by atoms with Crippen LogP contribution in [0.3, 0.4) is 0 Å². The average Bonchev–Trinajstić information content (AvgIpc) is 2.11. The lowest BCUT2D eigenvalue weighted by Gasteiger charge is -2.21. The van der Waals surface area contributed by atoms with Gasteiger partial charge in [-0.25, -0.2) is 0 Å². The van der Waals surface area contributed by atoms with Crippen LogP contribution in [0.25, 0.3) is 0 Å². The molecule has 0 aromatic rings. The minimum Gasteiger partial charge on any atom is -0.328 e. The molecular weight excluding hydrogens is 207 g/mol. The highest BCUT2D eigenvalue weighted by atomic mass is 31.2. The molecule has 0 aliphatic rings. The van der Waals surface area contributed by atoms with E-state index in [9.17, 15) is 4.57 Å². The van der Waals surface area contributed by atoms with Crippen molar-refractivity contribution >= 4 is 7.37 Å². The van der Waals surface area contributed by atoms with Gasteiger partial charge in [-0.05, 0) is 18.3 Å². The lowest BCUT2D eigenvalue weighted by molar-refractivity contribution is 0.268. The molecule has 0 aromatic carbocycles. The van der Waals surface area contributed by atoms with Crippen molar-refractivity contribution < 1.29 is 9.09 Å². The van der Waals surface area contributed by atoms with E-state index in [-0.39, 0.29) is 0 Å². The molecule has 0 radical (unpaired) electrons. The molecule has 0 rings (SSSR count). The predicted molar refractivity (Wildman–Crippen MR) is 67.9 cm³/mol. The molecule has 0 heterocycles. The molecule has 0 bridgehead atoms. The van der Waals surface area contributed by atoms with Crippen molar-refractivity contribution in [2.45, 2.75) is 47.5 Å². The van der Waals surface area contributed by atoms with Gasteiger partial charge in [0.2, 0.25) is 7.37 Å². The van der Waals surface area contributed by atoms with Crippen LogP contribution >= 0.6 is 7.37 Å². The van der Waals surface area contributed by atoms with Crippen LogP contribution in [0.1, 0.15) is 47.5 Å². The van der Waals surface area contributed by atoms with Gasteiger partial charge < -0.3 is 4.52 Å². The molecule has 3 heteroatoms. The molecule has 0 aliphatic heterocycles. The molecule has 0 saturated heterocycles. The molecule has 0 amide bonds. The molecule has 0 aromatic heterocycles. The van der Waals surface area contributed by atoms with Crippen molar-refractivity contribution in [1.82, 2.24) is 0 Å². The smallest absolute Gasteiger partial charge is 0.203 e. The van der Waals surface area contributed by atoms with Crippen LogP contribution in [-0.2, 0) is 9.09 Å². The van der Waals surface area contributed by atoms with E-state index >= 15 is 0 Å². The number of hydrogen-bond acceptors (Lipinski definition) is 2. The Hall–Kier alpha value is 0.190. The second-order valence-corrected chi connectivity index (χ2v) is 7.86. The zero-order chi connectivity index (χ0) is 11.9. The first-order valence-electron chi connectivity index (χ1n) is 6.12. The fourth-order valence-electron chi connectivity index (χ4n) is 1.45. The van der Waals surface area contributed by atoms with Crippen molar-refractivity contribution in [3.63, 3.8) is 0 Å². The summed E-state index contributed by atoms with van der Waals surface area (Å²) in [6.45, 7) is 11.2. The highest BCUT2D eigenvalue weighted by molar-refractivity contribution is 7.58. The first-order valence-corrected chi connectivity index (χ1v) is 8.11. The van der Waals surface area contributed by atoms with E-state index in [0.717, 1.165) is 25.2 Å². The fourth-order valence-corrected chi connectivity index (χ4v) is 4.35. The quantitative estimate of drug-likeness (QED) is 0.582. The minimum absolute atomic E-state index is 0.458. The predicted octanol–water partition coefficient (Wildman–Crippen LogP) is 4.39. The highest BCUT2D eigenvalue weighted by Crippen LogP contribution is 2.49. The molecule has 0 saturated carbocycles. The maximum atomic E-state index is 12.5. The molecule has 0 fully saturated rings. The van der Waals surface area contributed by atoms with Crippen molar-refractivity contribution in [2.24, 2.45) is 11.8 Å². The van der Waals surface area contributed by atoms with Crippen molar-refractivity contribution in [2.75, 3.05) is 18.9 Å². The van der Waals surface area contributed by atoms with E-state index in [4.69, 9.17) is 4.52 Å². The van der Waals surface area contributed by atoms with Gasteiger partial charge in [-0.3, -0.25) is 4.57 Å². The third-order valence-corrected chi connectivity index (χ3v) is 5.04. The van der Waals surface area contributed by atoms with Gasteiger partial charge in [0.25, 0.3) is 0 Å².